The number of halogens is 1. The lowest BCUT2D eigenvalue weighted by molar-refractivity contribution is 0.558. The van der Waals surface area contributed by atoms with Gasteiger partial charge in [-0.15, -0.1) is 12.6 Å². The van der Waals surface area contributed by atoms with Crippen molar-refractivity contribution in [1.82, 2.24) is 9.78 Å². The van der Waals surface area contributed by atoms with E-state index >= 15 is 0 Å². The van der Waals surface area contributed by atoms with Crippen LogP contribution in [0.5, 0.6) is 0 Å². The summed E-state index contributed by atoms with van der Waals surface area (Å²) < 4.78 is 1.89. The van der Waals surface area contributed by atoms with Crippen molar-refractivity contribution in [2.24, 2.45) is 5.92 Å². The molecule has 124 valence electrons. The van der Waals surface area contributed by atoms with Gasteiger partial charge in [-0.3, -0.25) is 4.68 Å². The summed E-state index contributed by atoms with van der Waals surface area (Å²) in [7, 11) is 0. The maximum Gasteiger partial charge on any atom is 0.123 e. The Bertz CT molecular complexity index is 649. The van der Waals surface area contributed by atoms with E-state index in [2.05, 4.69) is 31.6 Å². The molecule has 1 heterocycles. The molecule has 0 saturated heterocycles. The highest BCUT2D eigenvalue weighted by molar-refractivity contribution is 7.80. The van der Waals surface area contributed by atoms with Gasteiger partial charge in [-0.05, 0) is 36.5 Å². The zero-order chi connectivity index (χ0) is 16.8. The fourth-order valence-electron chi connectivity index (χ4n) is 2.77. The van der Waals surface area contributed by atoms with E-state index in [1.807, 2.05) is 35.1 Å². The van der Waals surface area contributed by atoms with E-state index in [9.17, 15) is 0 Å². The molecule has 0 fully saturated rings. The molecule has 0 amide bonds. The van der Waals surface area contributed by atoms with Crippen molar-refractivity contribution < 1.29 is 0 Å². The molecule has 2 aromatic rings. The second kappa shape index (κ2) is 8.55. The highest BCUT2D eigenvalue weighted by Gasteiger charge is 2.13. The van der Waals surface area contributed by atoms with Crippen LogP contribution < -0.4 is 0 Å². The van der Waals surface area contributed by atoms with E-state index in [4.69, 9.17) is 17.0 Å². The molecule has 0 aliphatic heterocycles. The monoisotopic (exact) mass is 349 g/mol. The molecule has 1 aromatic heterocycles. The van der Waals surface area contributed by atoms with Gasteiger partial charge in [0.1, 0.15) is 5.03 Å². The number of thiol groups is 1. The molecule has 23 heavy (non-hydrogen) atoms. The Morgan fingerprint density at radius 2 is 2.00 bits per heavy atom. The molecule has 5 heteroatoms. The minimum Gasteiger partial charge on any atom is -0.309 e. The molecule has 3 nitrogen and oxygen atoms in total. The first-order valence-corrected chi connectivity index (χ1v) is 8.97. The number of rotatable bonds is 8. The van der Waals surface area contributed by atoms with Gasteiger partial charge in [0.05, 0.1) is 0 Å². The van der Waals surface area contributed by atoms with Crippen LogP contribution in [-0.4, -0.2) is 15.5 Å². The molecule has 0 saturated carbocycles. The summed E-state index contributed by atoms with van der Waals surface area (Å²) in [5.41, 5.74) is 2.88. The zero-order valence-electron chi connectivity index (χ0n) is 13.7. The number of nitrogens with zero attached hydrogens (tertiary/aromatic N) is 2. The predicted molar refractivity (Wildman–Crippen MR) is 101 cm³/mol. The molecule has 0 radical (unpaired) electrons. The van der Waals surface area contributed by atoms with Crippen LogP contribution in [0.15, 0.2) is 35.5 Å². The van der Waals surface area contributed by atoms with Crippen LogP contribution in [0.1, 0.15) is 39.5 Å². The van der Waals surface area contributed by atoms with Gasteiger partial charge < -0.3 is 5.41 Å². The maximum atomic E-state index is 8.27. The quantitative estimate of drug-likeness (QED) is 0.464. The Morgan fingerprint density at radius 3 is 2.61 bits per heavy atom. The fraction of sp³-hybridized carbons (Fsp3) is 0.444. The molecule has 0 aliphatic rings. The smallest absolute Gasteiger partial charge is 0.123 e. The van der Waals surface area contributed by atoms with Crippen molar-refractivity contribution in [1.29, 1.82) is 5.41 Å². The van der Waals surface area contributed by atoms with E-state index in [0.29, 0.717) is 10.9 Å². The SMILES string of the molecule is CCCC(CC)C(=N)CCn1cc(-c2ccc(Cl)cc2)c(S)n1. The molecule has 1 atom stereocenters. The largest absolute Gasteiger partial charge is 0.309 e. The van der Waals surface area contributed by atoms with Gasteiger partial charge in [-0.25, -0.2) is 0 Å². The summed E-state index contributed by atoms with van der Waals surface area (Å²) in [6, 6.07) is 7.68. The van der Waals surface area contributed by atoms with E-state index in [-0.39, 0.29) is 0 Å². The lowest BCUT2D eigenvalue weighted by atomic mass is 9.93. The van der Waals surface area contributed by atoms with Gasteiger partial charge in [0.25, 0.3) is 0 Å². The second-order valence-electron chi connectivity index (χ2n) is 5.81. The van der Waals surface area contributed by atoms with Crippen LogP contribution in [0.3, 0.4) is 0 Å². The molecule has 0 spiro atoms. The topological polar surface area (TPSA) is 41.7 Å². The summed E-state index contributed by atoms with van der Waals surface area (Å²) in [4.78, 5) is 0. The van der Waals surface area contributed by atoms with E-state index in [1.165, 1.54) is 0 Å². The summed E-state index contributed by atoms with van der Waals surface area (Å²) in [5.74, 6) is 0.404. The van der Waals surface area contributed by atoms with Crippen LogP contribution in [0.4, 0.5) is 0 Å². The Labute approximate surface area is 149 Å². The first kappa shape index (κ1) is 18.1. The Kier molecular flexibility index (Phi) is 6.72. The normalized spacial score (nSPS) is 12.3. The molecule has 0 aliphatic carbocycles. The van der Waals surface area contributed by atoms with Crippen molar-refractivity contribution in [2.45, 2.75) is 51.1 Å². The summed E-state index contributed by atoms with van der Waals surface area (Å²) >= 11 is 10.4. The van der Waals surface area contributed by atoms with Gasteiger partial charge >= 0.3 is 0 Å². The van der Waals surface area contributed by atoms with Gasteiger partial charge in [0.15, 0.2) is 0 Å². The zero-order valence-corrected chi connectivity index (χ0v) is 15.4. The standard InChI is InChI=1S/C18H24ClN3S/c1-3-5-13(4-2)17(20)10-11-22-12-16(18(23)21-22)14-6-8-15(19)9-7-14/h6-9,12-13,20H,3-5,10-11H2,1-2H3,(H,21,23). The number of aromatic nitrogens is 2. The molecule has 1 aromatic carbocycles. The first-order chi connectivity index (χ1) is 11.0. The Balaban J connectivity index is 2.04. The Morgan fingerprint density at radius 1 is 1.30 bits per heavy atom. The fourth-order valence-corrected chi connectivity index (χ4v) is 3.20. The van der Waals surface area contributed by atoms with Crippen molar-refractivity contribution >= 4 is 29.9 Å². The van der Waals surface area contributed by atoms with Gasteiger partial charge in [-0.1, -0.05) is 44.0 Å². The second-order valence-corrected chi connectivity index (χ2v) is 6.67. The van der Waals surface area contributed by atoms with Crippen LogP contribution in [-0.2, 0) is 6.54 Å². The summed E-state index contributed by atoms with van der Waals surface area (Å²) in [6.07, 6.45) is 6.01. The van der Waals surface area contributed by atoms with E-state index in [0.717, 1.165) is 54.1 Å². The molecule has 1 N–H and O–H groups in total. The van der Waals surface area contributed by atoms with Crippen molar-refractivity contribution in [3.05, 3.63) is 35.5 Å². The Hall–Kier alpha value is -1.26. The van der Waals surface area contributed by atoms with Gasteiger partial charge in [-0.2, -0.15) is 5.10 Å². The lowest BCUT2D eigenvalue weighted by Gasteiger charge is -2.15. The third-order valence-electron chi connectivity index (χ3n) is 4.13. The number of hydrogen-bond acceptors (Lipinski definition) is 3. The maximum absolute atomic E-state index is 8.27. The van der Waals surface area contributed by atoms with E-state index in [1.54, 1.807) is 0 Å². The molecule has 1 unspecified atom stereocenters. The lowest BCUT2D eigenvalue weighted by Crippen LogP contribution is -2.15. The number of aryl methyl sites for hydroxylation is 1. The predicted octanol–water partition coefficient (Wildman–Crippen LogP) is 5.73. The number of hydrogen-bond donors (Lipinski definition) is 2. The summed E-state index contributed by atoms with van der Waals surface area (Å²) in [5, 5.41) is 14.2. The minimum absolute atomic E-state index is 0.404. The summed E-state index contributed by atoms with van der Waals surface area (Å²) in [6.45, 7) is 5.06. The van der Waals surface area contributed by atoms with Crippen LogP contribution in [0.25, 0.3) is 11.1 Å². The third-order valence-corrected chi connectivity index (χ3v) is 4.71. The van der Waals surface area contributed by atoms with Crippen LogP contribution in [0, 0.1) is 11.3 Å². The van der Waals surface area contributed by atoms with Gasteiger partial charge in [0.2, 0.25) is 0 Å². The highest BCUT2D eigenvalue weighted by Crippen LogP contribution is 2.27. The minimum atomic E-state index is 0.404. The van der Waals surface area contributed by atoms with Crippen molar-refractivity contribution in [3.8, 4) is 11.1 Å². The van der Waals surface area contributed by atoms with Crippen molar-refractivity contribution in [2.75, 3.05) is 0 Å². The van der Waals surface area contributed by atoms with Crippen LogP contribution >= 0.6 is 24.2 Å². The first-order valence-electron chi connectivity index (χ1n) is 8.14. The van der Waals surface area contributed by atoms with Gasteiger partial charge in [0, 0.05) is 35.5 Å². The molecular weight excluding hydrogens is 326 g/mol. The van der Waals surface area contributed by atoms with Crippen LogP contribution in [0.2, 0.25) is 5.02 Å². The average Bonchev–Trinajstić information content (AvgIpc) is 2.92. The number of benzene rings is 1. The van der Waals surface area contributed by atoms with Crippen molar-refractivity contribution in [3.63, 3.8) is 0 Å². The average molecular weight is 350 g/mol. The number of nitrogens with one attached hydrogen (secondary N) is 1. The molecule has 0 bridgehead atoms. The van der Waals surface area contributed by atoms with E-state index < -0.39 is 0 Å². The highest BCUT2D eigenvalue weighted by atomic mass is 35.5. The molecular formula is C18H24ClN3S. The third kappa shape index (κ3) is 4.85. The molecule has 2 rings (SSSR count).